The molecule has 4 heteroatoms. The lowest BCUT2D eigenvalue weighted by atomic mass is 10.1. The van der Waals surface area contributed by atoms with Gasteiger partial charge in [-0.15, -0.1) is 0 Å². The summed E-state index contributed by atoms with van der Waals surface area (Å²) in [4.78, 5) is 2.17. The highest BCUT2D eigenvalue weighted by Gasteiger charge is 2.11. The molecule has 0 aliphatic rings. The summed E-state index contributed by atoms with van der Waals surface area (Å²) in [6.07, 6.45) is 0. The van der Waals surface area contributed by atoms with E-state index in [0.717, 1.165) is 16.6 Å². The molecule has 0 aliphatic carbocycles. The fourth-order valence-corrected chi connectivity index (χ4v) is 2.19. The minimum Gasteiger partial charge on any atom is -0.309 e. The van der Waals surface area contributed by atoms with E-state index in [9.17, 15) is 4.39 Å². The Hall–Kier alpha value is -0.450. The minimum absolute atomic E-state index is 0.201. The van der Waals surface area contributed by atoms with E-state index in [1.165, 1.54) is 12.1 Å². The maximum absolute atomic E-state index is 13.0. The van der Waals surface area contributed by atoms with Crippen LogP contribution in [0.2, 0.25) is 0 Å². The highest BCUT2D eigenvalue weighted by molar-refractivity contribution is 9.10. The Morgan fingerprint density at radius 2 is 2.00 bits per heavy atom. The van der Waals surface area contributed by atoms with Gasteiger partial charge in [0.1, 0.15) is 5.82 Å². The number of halogens is 2. The second-order valence-corrected chi connectivity index (χ2v) is 5.46. The summed E-state index contributed by atoms with van der Waals surface area (Å²) in [5.41, 5.74) is 1.08. The van der Waals surface area contributed by atoms with Gasteiger partial charge in [0.2, 0.25) is 0 Å². The Kier molecular flexibility index (Phi) is 5.56. The van der Waals surface area contributed by atoms with Gasteiger partial charge in [-0.2, -0.15) is 0 Å². The van der Waals surface area contributed by atoms with Crippen molar-refractivity contribution in [2.24, 2.45) is 0 Å². The van der Waals surface area contributed by atoms with E-state index < -0.39 is 0 Å². The Bertz CT molecular complexity index is 368. The minimum atomic E-state index is -0.213. The summed E-state index contributed by atoms with van der Waals surface area (Å²) in [6, 6.07) is 5.48. The van der Waals surface area contributed by atoms with E-state index in [-0.39, 0.29) is 11.9 Å². The topological polar surface area (TPSA) is 15.3 Å². The van der Waals surface area contributed by atoms with Gasteiger partial charge in [0.05, 0.1) is 0 Å². The predicted molar refractivity (Wildman–Crippen MR) is 73.7 cm³/mol. The van der Waals surface area contributed by atoms with Crippen LogP contribution in [0.3, 0.4) is 0 Å². The molecule has 96 valence electrons. The number of rotatable bonds is 5. The van der Waals surface area contributed by atoms with Gasteiger partial charge < -0.3 is 10.2 Å². The molecule has 1 rings (SSSR count). The summed E-state index contributed by atoms with van der Waals surface area (Å²) >= 11 is 3.39. The first-order valence-corrected chi connectivity index (χ1v) is 6.56. The molecule has 2 atom stereocenters. The smallest absolute Gasteiger partial charge is 0.124 e. The summed E-state index contributed by atoms with van der Waals surface area (Å²) in [5, 5.41) is 3.45. The zero-order valence-corrected chi connectivity index (χ0v) is 12.4. The van der Waals surface area contributed by atoms with Crippen LogP contribution in [0.15, 0.2) is 22.7 Å². The van der Waals surface area contributed by atoms with Crippen molar-refractivity contribution in [3.8, 4) is 0 Å². The van der Waals surface area contributed by atoms with Crippen LogP contribution in [-0.4, -0.2) is 31.6 Å². The first kappa shape index (κ1) is 14.6. The molecule has 0 saturated carbocycles. The number of nitrogens with one attached hydrogen (secondary N) is 1. The quantitative estimate of drug-likeness (QED) is 0.898. The molecular weight excluding hydrogens is 283 g/mol. The van der Waals surface area contributed by atoms with Crippen molar-refractivity contribution in [2.75, 3.05) is 20.6 Å². The largest absolute Gasteiger partial charge is 0.309 e. The molecule has 2 nitrogen and oxygen atoms in total. The summed E-state index contributed by atoms with van der Waals surface area (Å²) in [6.45, 7) is 5.15. The van der Waals surface area contributed by atoms with Crippen molar-refractivity contribution in [2.45, 2.75) is 25.9 Å². The van der Waals surface area contributed by atoms with E-state index in [1.807, 2.05) is 6.07 Å². The van der Waals surface area contributed by atoms with E-state index in [2.05, 4.69) is 54.1 Å². The maximum Gasteiger partial charge on any atom is 0.124 e. The molecule has 0 heterocycles. The van der Waals surface area contributed by atoms with Crippen LogP contribution in [0.5, 0.6) is 0 Å². The van der Waals surface area contributed by atoms with Gasteiger partial charge in [-0.1, -0.05) is 22.0 Å². The summed E-state index contributed by atoms with van der Waals surface area (Å²) in [7, 11) is 4.12. The fourth-order valence-electron chi connectivity index (χ4n) is 1.49. The van der Waals surface area contributed by atoms with Crippen LogP contribution >= 0.6 is 15.9 Å². The molecule has 1 N–H and O–H groups in total. The van der Waals surface area contributed by atoms with Crippen LogP contribution in [0.4, 0.5) is 4.39 Å². The lowest BCUT2D eigenvalue weighted by Crippen LogP contribution is -2.36. The standard InChI is InChI=1S/C13H20BrFN2/c1-9(17(3)4)8-16-10(2)12-6-5-11(15)7-13(12)14/h5-7,9-10,16H,8H2,1-4H3. The van der Waals surface area contributed by atoms with Crippen LogP contribution in [-0.2, 0) is 0 Å². The average molecular weight is 303 g/mol. The van der Waals surface area contributed by atoms with E-state index in [0.29, 0.717) is 6.04 Å². The van der Waals surface area contributed by atoms with Gasteiger partial charge in [0.25, 0.3) is 0 Å². The van der Waals surface area contributed by atoms with E-state index in [4.69, 9.17) is 0 Å². The number of likely N-dealkylation sites (N-methyl/N-ethyl adjacent to an activating group) is 1. The zero-order chi connectivity index (χ0) is 13.0. The highest BCUT2D eigenvalue weighted by atomic mass is 79.9. The van der Waals surface area contributed by atoms with Crippen LogP contribution in [0.25, 0.3) is 0 Å². The van der Waals surface area contributed by atoms with Gasteiger partial charge in [-0.05, 0) is 45.6 Å². The highest BCUT2D eigenvalue weighted by Crippen LogP contribution is 2.24. The Morgan fingerprint density at radius 3 is 2.53 bits per heavy atom. The molecule has 1 aromatic rings. The van der Waals surface area contributed by atoms with E-state index >= 15 is 0 Å². The van der Waals surface area contributed by atoms with Crippen molar-refractivity contribution in [3.05, 3.63) is 34.1 Å². The number of benzene rings is 1. The Morgan fingerprint density at radius 1 is 1.35 bits per heavy atom. The van der Waals surface area contributed by atoms with Gasteiger partial charge in [0.15, 0.2) is 0 Å². The molecule has 0 spiro atoms. The molecule has 0 fully saturated rings. The van der Waals surface area contributed by atoms with Gasteiger partial charge in [-0.3, -0.25) is 0 Å². The molecule has 0 radical (unpaired) electrons. The predicted octanol–water partition coefficient (Wildman–Crippen LogP) is 3.19. The zero-order valence-electron chi connectivity index (χ0n) is 10.8. The normalized spacial score (nSPS) is 15.0. The van der Waals surface area contributed by atoms with Crippen LogP contribution in [0.1, 0.15) is 25.5 Å². The monoisotopic (exact) mass is 302 g/mol. The van der Waals surface area contributed by atoms with E-state index in [1.54, 1.807) is 0 Å². The molecule has 0 amide bonds. The van der Waals surface area contributed by atoms with Crippen molar-refractivity contribution in [1.29, 1.82) is 0 Å². The third-order valence-electron chi connectivity index (χ3n) is 3.03. The van der Waals surface area contributed by atoms with Gasteiger partial charge >= 0.3 is 0 Å². The SMILES string of the molecule is CC(NCC(C)N(C)C)c1ccc(F)cc1Br. The van der Waals surface area contributed by atoms with Crippen molar-refractivity contribution >= 4 is 15.9 Å². The molecule has 1 aromatic carbocycles. The lowest BCUT2D eigenvalue weighted by Gasteiger charge is -2.23. The molecule has 0 saturated heterocycles. The molecule has 0 aromatic heterocycles. The third-order valence-corrected chi connectivity index (χ3v) is 3.72. The third kappa shape index (κ3) is 4.37. The molecule has 17 heavy (non-hydrogen) atoms. The fraction of sp³-hybridized carbons (Fsp3) is 0.538. The maximum atomic E-state index is 13.0. The summed E-state index contributed by atoms with van der Waals surface area (Å²) < 4.78 is 13.8. The second kappa shape index (κ2) is 6.47. The first-order valence-electron chi connectivity index (χ1n) is 5.76. The van der Waals surface area contributed by atoms with Crippen molar-refractivity contribution in [1.82, 2.24) is 10.2 Å². The Balaban J connectivity index is 2.61. The Labute approximate surface area is 111 Å². The molecular formula is C13H20BrFN2. The second-order valence-electron chi connectivity index (χ2n) is 4.61. The van der Waals surface area contributed by atoms with Gasteiger partial charge in [-0.25, -0.2) is 4.39 Å². The van der Waals surface area contributed by atoms with Crippen LogP contribution < -0.4 is 5.32 Å². The summed E-state index contributed by atoms with van der Waals surface area (Å²) in [5.74, 6) is -0.213. The van der Waals surface area contributed by atoms with Crippen molar-refractivity contribution in [3.63, 3.8) is 0 Å². The van der Waals surface area contributed by atoms with Gasteiger partial charge in [0, 0.05) is 23.1 Å². The lowest BCUT2D eigenvalue weighted by molar-refractivity contribution is 0.295. The average Bonchev–Trinajstić information content (AvgIpc) is 2.25. The molecule has 0 bridgehead atoms. The molecule has 2 unspecified atom stereocenters. The van der Waals surface area contributed by atoms with Crippen molar-refractivity contribution < 1.29 is 4.39 Å². The number of nitrogens with zero attached hydrogens (tertiary/aromatic N) is 1. The number of hydrogen-bond acceptors (Lipinski definition) is 2. The number of hydrogen-bond donors (Lipinski definition) is 1. The van der Waals surface area contributed by atoms with Crippen LogP contribution in [0, 0.1) is 5.82 Å². The molecule has 0 aliphatic heterocycles. The first-order chi connectivity index (χ1) is 7.91.